The molecule has 1 unspecified atom stereocenters. The molecular weight excluding hydrogens is 282 g/mol. The van der Waals surface area contributed by atoms with Gasteiger partial charge in [-0.15, -0.1) is 0 Å². The summed E-state index contributed by atoms with van der Waals surface area (Å²) in [6.45, 7) is 6.06. The molecule has 0 bridgehead atoms. The number of rotatable bonds is 3. The maximum absolute atomic E-state index is 11.7. The van der Waals surface area contributed by atoms with Gasteiger partial charge in [0.15, 0.2) is 0 Å². The SMILES string of the molecule is CC(C)(C)C(N)CC(=O)Nc1ccc(Br)nc1. The number of carbonyl (C=O) groups excluding carboxylic acids is 1. The molecule has 1 atom stereocenters. The molecule has 0 saturated heterocycles. The Hall–Kier alpha value is -0.940. The summed E-state index contributed by atoms with van der Waals surface area (Å²) in [5.41, 5.74) is 6.55. The molecule has 17 heavy (non-hydrogen) atoms. The van der Waals surface area contributed by atoms with E-state index in [1.807, 2.05) is 20.8 Å². The van der Waals surface area contributed by atoms with Gasteiger partial charge in [-0.3, -0.25) is 4.79 Å². The summed E-state index contributed by atoms with van der Waals surface area (Å²) in [6.07, 6.45) is 1.91. The second kappa shape index (κ2) is 5.60. The van der Waals surface area contributed by atoms with E-state index in [0.29, 0.717) is 12.1 Å². The first kappa shape index (κ1) is 14.1. The van der Waals surface area contributed by atoms with Crippen LogP contribution in [-0.2, 0) is 4.79 Å². The molecule has 0 aliphatic heterocycles. The lowest BCUT2D eigenvalue weighted by molar-refractivity contribution is -0.117. The van der Waals surface area contributed by atoms with E-state index in [1.165, 1.54) is 0 Å². The molecule has 3 N–H and O–H groups in total. The Labute approximate surface area is 110 Å². The van der Waals surface area contributed by atoms with Gasteiger partial charge in [0, 0.05) is 12.5 Å². The van der Waals surface area contributed by atoms with Crippen molar-refractivity contribution in [3.8, 4) is 0 Å². The number of amides is 1. The van der Waals surface area contributed by atoms with Gasteiger partial charge in [-0.1, -0.05) is 20.8 Å². The molecule has 1 aromatic heterocycles. The normalized spacial score (nSPS) is 13.2. The predicted octanol–water partition coefficient (Wildman–Crippen LogP) is 2.55. The van der Waals surface area contributed by atoms with Gasteiger partial charge < -0.3 is 11.1 Å². The molecule has 0 aliphatic rings. The standard InChI is InChI=1S/C12H18BrN3O/c1-12(2,3)9(14)6-11(17)16-8-4-5-10(13)15-7-8/h4-5,7,9H,6,14H2,1-3H3,(H,16,17). The predicted molar refractivity (Wildman–Crippen MR) is 72.6 cm³/mol. The Morgan fingerprint density at radius 3 is 2.65 bits per heavy atom. The minimum Gasteiger partial charge on any atom is -0.327 e. The highest BCUT2D eigenvalue weighted by atomic mass is 79.9. The summed E-state index contributed by atoms with van der Waals surface area (Å²) in [7, 11) is 0. The van der Waals surface area contributed by atoms with Crippen molar-refractivity contribution in [1.82, 2.24) is 4.98 Å². The number of halogens is 1. The van der Waals surface area contributed by atoms with Crippen LogP contribution in [-0.4, -0.2) is 16.9 Å². The molecule has 0 radical (unpaired) electrons. The third-order valence-corrected chi connectivity index (χ3v) is 3.00. The third-order valence-electron chi connectivity index (χ3n) is 2.53. The fourth-order valence-electron chi connectivity index (χ4n) is 1.17. The highest BCUT2D eigenvalue weighted by Gasteiger charge is 2.23. The van der Waals surface area contributed by atoms with Crippen LogP contribution >= 0.6 is 15.9 Å². The molecular formula is C12H18BrN3O. The van der Waals surface area contributed by atoms with Gasteiger partial charge in [-0.05, 0) is 33.5 Å². The molecule has 1 aromatic rings. The largest absolute Gasteiger partial charge is 0.327 e. The fourth-order valence-corrected chi connectivity index (χ4v) is 1.40. The van der Waals surface area contributed by atoms with Gasteiger partial charge >= 0.3 is 0 Å². The molecule has 0 fully saturated rings. The second-order valence-electron chi connectivity index (χ2n) is 5.09. The Kier molecular flexibility index (Phi) is 4.65. The van der Waals surface area contributed by atoms with E-state index in [2.05, 4.69) is 26.2 Å². The lowest BCUT2D eigenvalue weighted by Crippen LogP contribution is -2.38. The van der Waals surface area contributed by atoms with Crippen molar-refractivity contribution in [1.29, 1.82) is 0 Å². The summed E-state index contributed by atoms with van der Waals surface area (Å²) in [5, 5.41) is 2.77. The van der Waals surface area contributed by atoms with Crippen molar-refractivity contribution in [3.05, 3.63) is 22.9 Å². The van der Waals surface area contributed by atoms with E-state index in [1.54, 1.807) is 18.3 Å². The Balaban J connectivity index is 2.53. The molecule has 94 valence electrons. The van der Waals surface area contributed by atoms with Crippen LogP contribution in [0, 0.1) is 5.41 Å². The number of hydrogen-bond acceptors (Lipinski definition) is 3. The van der Waals surface area contributed by atoms with Crippen LogP contribution in [0.3, 0.4) is 0 Å². The van der Waals surface area contributed by atoms with Crippen LogP contribution in [0.1, 0.15) is 27.2 Å². The monoisotopic (exact) mass is 299 g/mol. The Morgan fingerprint density at radius 2 is 2.18 bits per heavy atom. The number of nitrogens with two attached hydrogens (primary N) is 1. The number of carbonyl (C=O) groups is 1. The number of hydrogen-bond donors (Lipinski definition) is 2. The van der Waals surface area contributed by atoms with Crippen molar-refractivity contribution >= 4 is 27.5 Å². The zero-order valence-corrected chi connectivity index (χ0v) is 11.9. The molecule has 0 aromatic carbocycles. The lowest BCUT2D eigenvalue weighted by Gasteiger charge is -2.26. The average Bonchev–Trinajstić information content (AvgIpc) is 2.20. The second-order valence-corrected chi connectivity index (χ2v) is 5.91. The van der Waals surface area contributed by atoms with Crippen LogP contribution in [0.15, 0.2) is 22.9 Å². The zero-order chi connectivity index (χ0) is 13.1. The smallest absolute Gasteiger partial charge is 0.225 e. The topological polar surface area (TPSA) is 68.0 Å². The first-order valence-corrected chi connectivity index (χ1v) is 6.25. The highest BCUT2D eigenvalue weighted by Crippen LogP contribution is 2.20. The van der Waals surface area contributed by atoms with Gasteiger partial charge in [0.1, 0.15) is 4.60 Å². The van der Waals surface area contributed by atoms with E-state index >= 15 is 0 Å². The van der Waals surface area contributed by atoms with Crippen LogP contribution in [0.25, 0.3) is 0 Å². The summed E-state index contributed by atoms with van der Waals surface area (Å²) in [4.78, 5) is 15.8. The van der Waals surface area contributed by atoms with E-state index in [9.17, 15) is 4.79 Å². The van der Waals surface area contributed by atoms with Gasteiger partial charge in [-0.25, -0.2) is 4.98 Å². The molecule has 5 heteroatoms. The van der Waals surface area contributed by atoms with Crippen molar-refractivity contribution in [2.24, 2.45) is 11.1 Å². The average molecular weight is 300 g/mol. The number of nitrogens with zero attached hydrogens (tertiary/aromatic N) is 1. The molecule has 1 amide bonds. The van der Waals surface area contributed by atoms with Crippen LogP contribution in [0.2, 0.25) is 0 Å². The zero-order valence-electron chi connectivity index (χ0n) is 10.3. The minimum atomic E-state index is -0.161. The number of anilines is 1. The van der Waals surface area contributed by atoms with Crippen LogP contribution in [0.5, 0.6) is 0 Å². The minimum absolute atomic E-state index is 0.0741. The summed E-state index contributed by atoms with van der Waals surface area (Å²) in [6, 6.07) is 3.41. The third kappa shape index (κ3) is 4.83. The van der Waals surface area contributed by atoms with E-state index in [-0.39, 0.29) is 17.4 Å². The lowest BCUT2D eigenvalue weighted by atomic mass is 9.85. The van der Waals surface area contributed by atoms with Crippen molar-refractivity contribution in [3.63, 3.8) is 0 Å². The van der Waals surface area contributed by atoms with Gasteiger partial charge in [0.05, 0.1) is 11.9 Å². The van der Waals surface area contributed by atoms with Gasteiger partial charge in [0.2, 0.25) is 5.91 Å². The summed E-state index contributed by atoms with van der Waals surface area (Å²) >= 11 is 3.23. The van der Waals surface area contributed by atoms with Gasteiger partial charge in [-0.2, -0.15) is 0 Å². The number of pyridine rings is 1. The first-order chi connectivity index (χ1) is 7.79. The molecule has 0 saturated carbocycles. The quantitative estimate of drug-likeness (QED) is 0.843. The number of nitrogens with one attached hydrogen (secondary N) is 1. The number of aromatic nitrogens is 1. The summed E-state index contributed by atoms with van der Waals surface area (Å²) < 4.78 is 0.738. The molecule has 4 nitrogen and oxygen atoms in total. The van der Waals surface area contributed by atoms with Crippen molar-refractivity contribution in [2.45, 2.75) is 33.2 Å². The molecule has 1 rings (SSSR count). The molecule has 0 aliphatic carbocycles. The van der Waals surface area contributed by atoms with Gasteiger partial charge in [0.25, 0.3) is 0 Å². The Morgan fingerprint density at radius 1 is 1.53 bits per heavy atom. The Bertz CT molecular complexity index is 384. The fraction of sp³-hybridized carbons (Fsp3) is 0.500. The van der Waals surface area contributed by atoms with Crippen LogP contribution in [0.4, 0.5) is 5.69 Å². The molecule has 1 heterocycles. The first-order valence-electron chi connectivity index (χ1n) is 5.46. The highest BCUT2D eigenvalue weighted by molar-refractivity contribution is 9.10. The van der Waals surface area contributed by atoms with Crippen molar-refractivity contribution < 1.29 is 4.79 Å². The van der Waals surface area contributed by atoms with Crippen molar-refractivity contribution in [2.75, 3.05) is 5.32 Å². The summed E-state index contributed by atoms with van der Waals surface area (Å²) in [5.74, 6) is -0.0865. The van der Waals surface area contributed by atoms with Crippen LogP contribution < -0.4 is 11.1 Å². The van der Waals surface area contributed by atoms with E-state index in [4.69, 9.17) is 5.73 Å². The maximum Gasteiger partial charge on any atom is 0.225 e. The molecule has 0 spiro atoms. The maximum atomic E-state index is 11.7. The van der Waals surface area contributed by atoms with E-state index < -0.39 is 0 Å². The van der Waals surface area contributed by atoms with E-state index in [0.717, 1.165) is 4.60 Å².